The predicted molar refractivity (Wildman–Crippen MR) is 92.8 cm³/mol. The second-order valence-corrected chi connectivity index (χ2v) is 6.38. The molecule has 1 amide bonds. The van der Waals surface area contributed by atoms with E-state index in [1.54, 1.807) is 23.1 Å². The second-order valence-electron chi connectivity index (χ2n) is 5.97. The molecule has 0 N–H and O–H groups in total. The van der Waals surface area contributed by atoms with E-state index in [0.29, 0.717) is 18.8 Å². The highest BCUT2D eigenvalue weighted by molar-refractivity contribution is 6.31. The fourth-order valence-electron chi connectivity index (χ4n) is 2.95. The molecule has 1 aliphatic heterocycles. The van der Waals surface area contributed by atoms with Crippen LogP contribution < -0.4 is 0 Å². The van der Waals surface area contributed by atoms with Gasteiger partial charge in [-0.25, -0.2) is 4.39 Å². The molecule has 0 radical (unpaired) electrons. The zero-order valence-corrected chi connectivity index (χ0v) is 14.2. The van der Waals surface area contributed by atoms with Gasteiger partial charge in [-0.05, 0) is 48.2 Å². The summed E-state index contributed by atoms with van der Waals surface area (Å²) in [5, 5.41) is 0.0727. The largest absolute Gasteiger partial charge is 0.381 e. The summed E-state index contributed by atoms with van der Waals surface area (Å²) >= 11 is 5.86. The van der Waals surface area contributed by atoms with Gasteiger partial charge in [-0.15, -0.1) is 0 Å². The van der Waals surface area contributed by atoms with Crippen molar-refractivity contribution in [3.8, 4) is 11.1 Å². The number of hydrogen-bond donors (Lipinski definition) is 0. The van der Waals surface area contributed by atoms with Crippen molar-refractivity contribution in [1.82, 2.24) is 4.90 Å². The second kappa shape index (κ2) is 7.32. The molecule has 5 heteroatoms. The Bertz CT molecular complexity index is 744. The Kier molecular flexibility index (Phi) is 5.17. The molecule has 1 fully saturated rings. The quantitative estimate of drug-likeness (QED) is 0.823. The van der Waals surface area contributed by atoms with Gasteiger partial charge in [0, 0.05) is 31.9 Å². The Labute approximate surface area is 146 Å². The van der Waals surface area contributed by atoms with E-state index in [9.17, 15) is 9.18 Å². The number of halogens is 2. The van der Waals surface area contributed by atoms with Crippen LogP contribution in [0.3, 0.4) is 0 Å². The SMILES string of the molecule is CN(C(=O)c1cccc(-c2ccc(F)c(Cl)c2)c1)C1CCOCC1. The third-order valence-electron chi connectivity index (χ3n) is 4.42. The normalized spacial score (nSPS) is 15.3. The minimum atomic E-state index is -0.452. The molecule has 1 heterocycles. The number of benzene rings is 2. The van der Waals surface area contributed by atoms with Crippen molar-refractivity contribution < 1.29 is 13.9 Å². The maximum Gasteiger partial charge on any atom is 0.253 e. The molecule has 0 unspecified atom stereocenters. The van der Waals surface area contributed by atoms with E-state index in [1.807, 2.05) is 25.2 Å². The van der Waals surface area contributed by atoms with Gasteiger partial charge in [0.1, 0.15) is 5.82 Å². The Morgan fingerprint density at radius 2 is 1.88 bits per heavy atom. The number of carbonyl (C=O) groups excluding carboxylic acids is 1. The summed E-state index contributed by atoms with van der Waals surface area (Å²) in [6.07, 6.45) is 1.71. The standard InChI is InChI=1S/C19H19ClFNO2/c1-22(16-7-9-24-10-8-16)19(23)15-4-2-3-13(11-15)14-5-6-18(21)17(20)12-14/h2-6,11-12,16H,7-10H2,1H3. The van der Waals surface area contributed by atoms with E-state index in [4.69, 9.17) is 16.3 Å². The molecular weight excluding hydrogens is 329 g/mol. The summed E-state index contributed by atoms with van der Waals surface area (Å²) < 4.78 is 18.7. The summed E-state index contributed by atoms with van der Waals surface area (Å²) in [5.74, 6) is -0.469. The lowest BCUT2D eigenvalue weighted by molar-refractivity contribution is 0.0362. The number of amides is 1. The molecule has 2 aromatic carbocycles. The first-order chi connectivity index (χ1) is 11.6. The van der Waals surface area contributed by atoms with Crippen molar-refractivity contribution in [3.63, 3.8) is 0 Å². The highest BCUT2D eigenvalue weighted by Crippen LogP contribution is 2.26. The molecule has 0 atom stereocenters. The fraction of sp³-hybridized carbons (Fsp3) is 0.316. The molecule has 0 saturated carbocycles. The van der Waals surface area contributed by atoms with Gasteiger partial charge in [0.2, 0.25) is 0 Å². The Balaban J connectivity index is 1.84. The minimum absolute atomic E-state index is 0.0167. The number of rotatable bonds is 3. The van der Waals surface area contributed by atoms with Crippen molar-refractivity contribution >= 4 is 17.5 Å². The highest BCUT2D eigenvalue weighted by atomic mass is 35.5. The molecule has 0 spiro atoms. The number of hydrogen-bond acceptors (Lipinski definition) is 2. The monoisotopic (exact) mass is 347 g/mol. The van der Waals surface area contributed by atoms with Crippen LogP contribution in [-0.2, 0) is 4.74 Å². The third kappa shape index (κ3) is 3.60. The molecular formula is C19H19ClFNO2. The minimum Gasteiger partial charge on any atom is -0.381 e. The summed E-state index contributed by atoms with van der Waals surface area (Å²) in [6, 6.07) is 12.1. The van der Waals surface area contributed by atoms with Gasteiger partial charge >= 0.3 is 0 Å². The van der Waals surface area contributed by atoms with E-state index in [0.717, 1.165) is 24.0 Å². The Morgan fingerprint density at radius 3 is 2.58 bits per heavy atom. The van der Waals surface area contributed by atoms with Gasteiger partial charge in [-0.2, -0.15) is 0 Å². The number of nitrogens with zero attached hydrogens (tertiary/aromatic N) is 1. The van der Waals surface area contributed by atoms with Gasteiger partial charge in [-0.3, -0.25) is 4.79 Å². The zero-order chi connectivity index (χ0) is 17.1. The summed E-state index contributed by atoms with van der Waals surface area (Å²) in [6.45, 7) is 1.38. The van der Waals surface area contributed by atoms with Crippen LogP contribution in [0.1, 0.15) is 23.2 Å². The van der Waals surface area contributed by atoms with Crippen molar-refractivity contribution in [1.29, 1.82) is 0 Å². The average molecular weight is 348 g/mol. The molecule has 126 valence electrons. The molecule has 2 aromatic rings. The van der Waals surface area contributed by atoms with Crippen LogP contribution in [0.25, 0.3) is 11.1 Å². The van der Waals surface area contributed by atoms with Gasteiger partial charge in [0.05, 0.1) is 5.02 Å². The van der Waals surface area contributed by atoms with Gasteiger partial charge in [0.25, 0.3) is 5.91 Å². The van der Waals surface area contributed by atoms with Crippen LogP contribution in [-0.4, -0.2) is 37.1 Å². The summed E-state index contributed by atoms with van der Waals surface area (Å²) in [5.41, 5.74) is 2.23. The maximum absolute atomic E-state index is 13.3. The molecule has 0 bridgehead atoms. The number of ether oxygens (including phenoxy) is 1. The lowest BCUT2D eigenvalue weighted by Crippen LogP contribution is -2.40. The maximum atomic E-state index is 13.3. The van der Waals surface area contributed by atoms with Gasteiger partial charge in [-0.1, -0.05) is 29.8 Å². The molecule has 3 nitrogen and oxygen atoms in total. The lowest BCUT2D eigenvalue weighted by atomic mass is 10.0. The molecule has 1 aliphatic rings. The van der Waals surface area contributed by atoms with Crippen LogP contribution in [0.5, 0.6) is 0 Å². The van der Waals surface area contributed by atoms with E-state index in [2.05, 4.69) is 0 Å². The van der Waals surface area contributed by atoms with Crippen molar-refractivity contribution in [3.05, 3.63) is 58.9 Å². The van der Waals surface area contributed by atoms with Crippen LogP contribution in [0.4, 0.5) is 4.39 Å². The van der Waals surface area contributed by atoms with Gasteiger partial charge in [0.15, 0.2) is 0 Å². The first-order valence-electron chi connectivity index (χ1n) is 7.96. The van der Waals surface area contributed by atoms with E-state index in [1.165, 1.54) is 6.07 Å². The molecule has 1 saturated heterocycles. The number of carbonyl (C=O) groups is 1. The smallest absolute Gasteiger partial charge is 0.253 e. The zero-order valence-electron chi connectivity index (χ0n) is 13.5. The van der Waals surface area contributed by atoms with Crippen LogP contribution in [0.15, 0.2) is 42.5 Å². The lowest BCUT2D eigenvalue weighted by Gasteiger charge is -2.31. The van der Waals surface area contributed by atoms with Crippen LogP contribution in [0.2, 0.25) is 5.02 Å². The first-order valence-corrected chi connectivity index (χ1v) is 8.34. The van der Waals surface area contributed by atoms with Crippen molar-refractivity contribution in [2.24, 2.45) is 0 Å². The molecule has 0 aliphatic carbocycles. The predicted octanol–water partition coefficient (Wildman–Crippen LogP) is 4.40. The molecule has 3 rings (SSSR count). The van der Waals surface area contributed by atoms with Crippen molar-refractivity contribution in [2.75, 3.05) is 20.3 Å². The van der Waals surface area contributed by atoms with Crippen LogP contribution >= 0.6 is 11.6 Å². The van der Waals surface area contributed by atoms with E-state index in [-0.39, 0.29) is 17.0 Å². The Morgan fingerprint density at radius 1 is 1.17 bits per heavy atom. The highest BCUT2D eigenvalue weighted by Gasteiger charge is 2.23. The van der Waals surface area contributed by atoms with Crippen LogP contribution in [0, 0.1) is 5.82 Å². The van der Waals surface area contributed by atoms with Gasteiger partial charge < -0.3 is 9.64 Å². The first kappa shape index (κ1) is 16.9. The topological polar surface area (TPSA) is 29.5 Å². The van der Waals surface area contributed by atoms with Crippen molar-refractivity contribution in [2.45, 2.75) is 18.9 Å². The Hall–Kier alpha value is -1.91. The molecule has 24 heavy (non-hydrogen) atoms. The fourth-order valence-corrected chi connectivity index (χ4v) is 3.13. The average Bonchev–Trinajstić information content (AvgIpc) is 2.63. The third-order valence-corrected chi connectivity index (χ3v) is 4.71. The summed E-state index contributed by atoms with van der Waals surface area (Å²) in [4.78, 5) is 14.5. The van der Waals surface area contributed by atoms with E-state index < -0.39 is 5.82 Å². The molecule has 0 aromatic heterocycles. The summed E-state index contributed by atoms with van der Waals surface area (Å²) in [7, 11) is 1.83. The van der Waals surface area contributed by atoms with E-state index >= 15 is 0 Å².